The maximum Gasteiger partial charge on any atom is 0.106 e. The van der Waals surface area contributed by atoms with Crippen LogP contribution in [0.5, 0.6) is 0 Å². The molecule has 5 aromatic rings. The third-order valence-corrected chi connectivity index (χ3v) is 6.55. The largest absolute Gasteiger partial charge is 0.372 e. The van der Waals surface area contributed by atoms with Gasteiger partial charge in [0.05, 0.1) is 12.1 Å². The van der Waals surface area contributed by atoms with Gasteiger partial charge in [-0.3, -0.25) is 4.68 Å². The minimum atomic E-state index is 0.728. The molecule has 36 heavy (non-hydrogen) atoms. The fourth-order valence-corrected chi connectivity index (χ4v) is 4.82. The highest BCUT2D eigenvalue weighted by Crippen LogP contribution is 2.34. The van der Waals surface area contributed by atoms with Crippen LogP contribution in [0.3, 0.4) is 0 Å². The number of benzene rings is 4. The Morgan fingerprint density at radius 2 is 1.58 bits per heavy atom. The Balaban J connectivity index is 0.00000148. The molecule has 4 nitrogen and oxygen atoms in total. The molecule has 0 atom stereocenters. The SMILES string of the molecule is C=C(c1cccc2ccccc12)c1nn(Cc2ccccc2)c2ccc(N(CC)CCC)cc12.C=O. The summed E-state index contributed by atoms with van der Waals surface area (Å²) in [5.41, 5.74) is 6.66. The van der Waals surface area contributed by atoms with E-state index in [4.69, 9.17) is 9.89 Å². The number of nitrogens with zero attached hydrogens (tertiary/aromatic N) is 3. The monoisotopic (exact) mass is 475 g/mol. The first-order valence-electron chi connectivity index (χ1n) is 12.4. The zero-order valence-electron chi connectivity index (χ0n) is 21.2. The molecule has 0 saturated carbocycles. The van der Waals surface area contributed by atoms with Gasteiger partial charge in [0.2, 0.25) is 0 Å². The van der Waals surface area contributed by atoms with E-state index in [2.05, 4.69) is 121 Å². The van der Waals surface area contributed by atoms with E-state index >= 15 is 0 Å². The van der Waals surface area contributed by atoms with Crippen molar-refractivity contribution in [2.75, 3.05) is 18.0 Å². The first-order valence-corrected chi connectivity index (χ1v) is 12.4. The van der Waals surface area contributed by atoms with Gasteiger partial charge in [0.1, 0.15) is 12.5 Å². The maximum absolute atomic E-state index is 8.00. The second-order valence-electron chi connectivity index (χ2n) is 8.78. The predicted molar refractivity (Wildman–Crippen MR) is 153 cm³/mol. The summed E-state index contributed by atoms with van der Waals surface area (Å²) in [5.74, 6) is 0. The Bertz CT molecular complexity index is 1460. The molecule has 1 heterocycles. The summed E-state index contributed by atoms with van der Waals surface area (Å²) in [6.07, 6.45) is 1.12. The van der Waals surface area contributed by atoms with Gasteiger partial charge in [-0.05, 0) is 53.4 Å². The Labute approximate surface area is 213 Å². The van der Waals surface area contributed by atoms with E-state index in [1.54, 1.807) is 0 Å². The molecule has 0 unspecified atom stereocenters. The minimum Gasteiger partial charge on any atom is -0.372 e. The Morgan fingerprint density at radius 3 is 2.33 bits per heavy atom. The van der Waals surface area contributed by atoms with E-state index in [9.17, 15) is 0 Å². The van der Waals surface area contributed by atoms with E-state index in [-0.39, 0.29) is 0 Å². The molecule has 1 aromatic heterocycles. The lowest BCUT2D eigenvalue weighted by Crippen LogP contribution is -2.23. The second-order valence-corrected chi connectivity index (χ2v) is 8.78. The molecule has 0 bridgehead atoms. The van der Waals surface area contributed by atoms with Crippen LogP contribution in [0.25, 0.3) is 27.2 Å². The number of rotatable bonds is 8. The Morgan fingerprint density at radius 1 is 0.861 bits per heavy atom. The van der Waals surface area contributed by atoms with Crippen molar-refractivity contribution in [1.29, 1.82) is 0 Å². The smallest absolute Gasteiger partial charge is 0.106 e. The van der Waals surface area contributed by atoms with E-state index in [0.717, 1.165) is 53.8 Å². The van der Waals surface area contributed by atoms with E-state index < -0.39 is 0 Å². The number of aromatic nitrogens is 2. The van der Waals surface area contributed by atoms with Crippen molar-refractivity contribution in [1.82, 2.24) is 9.78 Å². The molecular weight excluding hydrogens is 442 g/mol. The highest BCUT2D eigenvalue weighted by Gasteiger charge is 2.18. The molecule has 182 valence electrons. The van der Waals surface area contributed by atoms with Crippen molar-refractivity contribution in [2.24, 2.45) is 0 Å². The lowest BCUT2D eigenvalue weighted by molar-refractivity contribution is -0.0979. The summed E-state index contributed by atoms with van der Waals surface area (Å²) in [6.45, 7) is 13.8. The first-order chi connectivity index (χ1) is 17.7. The number of anilines is 1. The van der Waals surface area contributed by atoms with Gasteiger partial charge in [-0.25, -0.2) is 0 Å². The predicted octanol–water partition coefficient (Wildman–Crippen LogP) is 7.35. The van der Waals surface area contributed by atoms with Gasteiger partial charge >= 0.3 is 0 Å². The van der Waals surface area contributed by atoms with Crippen LogP contribution in [0, 0.1) is 0 Å². The number of fused-ring (bicyclic) bond motifs is 2. The van der Waals surface area contributed by atoms with E-state index in [0.29, 0.717) is 0 Å². The van der Waals surface area contributed by atoms with Crippen LogP contribution in [0.2, 0.25) is 0 Å². The molecule has 0 aliphatic rings. The van der Waals surface area contributed by atoms with E-state index in [1.807, 2.05) is 6.79 Å². The molecule has 4 aromatic carbocycles. The van der Waals surface area contributed by atoms with Gasteiger partial charge in [-0.2, -0.15) is 5.10 Å². The summed E-state index contributed by atoms with van der Waals surface area (Å²) >= 11 is 0. The molecule has 4 heteroatoms. The molecule has 0 saturated heterocycles. The molecule has 0 N–H and O–H groups in total. The quantitative estimate of drug-likeness (QED) is 0.235. The normalized spacial score (nSPS) is 10.7. The van der Waals surface area contributed by atoms with Crippen molar-refractivity contribution < 1.29 is 4.79 Å². The molecule has 0 amide bonds. The molecule has 5 rings (SSSR count). The van der Waals surface area contributed by atoms with Gasteiger partial charge < -0.3 is 9.69 Å². The van der Waals surface area contributed by atoms with Crippen LogP contribution in [-0.4, -0.2) is 29.7 Å². The lowest BCUT2D eigenvalue weighted by Gasteiger charge is -2.22. The van der Waals surface area contributed by atoms with Crippen LogP contribution >= 0.6 is 0 Å². The highest BCUT2D eigenvalue weighted by atomic mass is 16.1. The summed E-state index contributed by atoms with van der Waals surface area (Å²) < 4.78 is 2.12. The molecule has 0 fully saturated rings. The van der Waals surface area contributed by atoms with Crippen LogP contribution in [-0.2, 0) is 11.3 Å². The van der Waals surface area contributed by atoms with Gasteiger partial charge in [0.25, 0.3) is 0 Å². The van der Waals surface area contributed by atoms with Gasteiger partial charge in [-0.1, -0.05) is 86.3 Å². The van der Waals surface area contributed by atoms with Crippen molar-refractivity contribution >= 4 is 39.7 Å². The number of hydrogen-bond acceptors (Lipinski definition) is 3. The van der Waals surface area contributed by atoms with Gasteiger partial charge in [-0.15, -0.1) is 0 Å². The Hall–Kier alpha value is -4.18. The Kier molecular flexibility index (Phi) is 7.96. The number of carbonyl (C=O) groups excluding carboxylic acids is 1. The number of hydrogen-bond donors (Lipinski definition) is 0. The molecule has 0 radical (unpaired) electrons. The van der Waals surface area contributed by atoms with E-state index in [1.165, 1.54) is 22.0 Å². The summed E-state index contributed by atoms with van der Waals surface area (Å²) in [5, 5.41) is 8.72. The molecule has 0 spiro atoms. The van der Waals surface area contributed by atoms with Crippen LogP contribution in [0.4, 0.5) is 5.69 Å². The first kappa shape index (κ1) is 24.9. The zero-order valence-corrected chi connectivity index (χ0v) is 21.2. The molecule has 0 aliphatic carbocycles. The third-order valence-electron chi connectivity index (χ3n) is 6.55. The van der Waals surface area contributed by atoms with Crippen molar-refractivity contribution in [3.05, 3.63) is 114 Å². The standard InChI is InChI=1S/C31H31N3.CH2O/c1-4-20-33(5-2)26-18-19-30-29(21-26)31(32-34(30)22-24-12-7-6-8-13-24)23(3)27-17-11-15-25-14-9-10-16-28(25)27;1-2/h6-19,21H,3-5,20,22H2,1-2H3;1H2. The fourth-order valence-electron chi connectivity index (χ4n) is 4.82. The van der Waals surface area contributed by atoms with Crippen molar-refractivity contribution in [3.63, 3.8) is 0 Å². The summed E-state index contributed by atoms with van der Waals surface area (Å²) in [4.78, 5) is 10.4. The lowest BCUT2D eigenvalue weighted by atomic mass is 9.96. The maximum atomic E-state index is 8.00. The molecular formula is C32H33N3O. The average molecular weight is 476 g/mol. The topological polar surface area (TPSA) is 38.1 Å². The third kappa shape index (κ3) is 4.94. The summed E-state index contributed by atoms with van der Waals surface area (Å²) in [7, 11) is 0. The fraction of sp³-hybridized carbons (Fsp3) is 0.188. The van der Waals surface area contributed by atoms with Crippen molar-refractivity contribution in [3.8, 4) is 0 Å². The average Bonchev–Trinajstić information content (AvgIpc) is 3.30. The zero-order chi connectivity index (χ0) is 25.5. The second kappa shape index (κ2) is 11.5. The van der Waals surface area contributed by atoms with Crippen LogP contribution < -0.4 is 4.90 Å². The minimum absolute atomic E-state index is 0.728. The van der Waals surface area contributed by atoms with Crippen molar-refractivity contribution in [2.45, 2.75) is 26.8 Å². The van der Waals surface area contributed by atoms with Crippen LogP contribution in [0.15, 0.2) is 97.6 Å². The number of carbonyl (C=O) groups is 1. The van der Waals surface area contributed by atoms with Crippen LogP contribution in [0.1, 0.15) is 37.1 Å². The van der Waals surface area contributed by atoms with Gasteiger partial charge in [0, 0.05) is 29.7 Å². The summed E-state index contributed by atoms with van der Waals surface area (Å²) in [6, 6.07) is 32.2. The molecule has 0 aliphatic heterocycles. The highest BCUT2D eigenvalue weighted by molar-refractivity contribution is 6.02. The van der Waals surface area contributed by atoms with Gasteiger partial charge in [0.15, 0.2) is 0 Å².